The summed E-state index contributed by atoms with van der Waals surface area (Å²) in [6.07, 6.45) is 1.39. The van der Waals surface area contributed by atoms with E-state index in [2.05, 4.69) is 6.58 Å². The van der Waals surface area contributed by atoms with Crippen LogP contribution in [0, 0.1) is 5.82 Å². The van der Waals surface area contributed by atoms with Gasteiger partial charge in [-0.3, -0.25) is 0 Å². The van der Waals surface area contributed by atoms with E-state index in [1.54, 1.807) is 0 Å². The monoisotopic (exact) mass is 195 g/mol. The second-order valence-corrected chi connectivity index (χ2v) is 2.80. The molecule has 0 spiro atoms. The van der Waals surface area contributed by atoms with E-state index in [-0.39, 0.29) is 11.1 Å². The van der Waals surface area contributed by atoms with Crippen molar-refractivity contribution in [1.29, 1.82) is 0 Å². The van der Waals surface area contributed by atoms with Crippen molar-refractivity contribution in [3.63, 3.8) is 0 Å². The molecular weight excluding hydrogens is 185 g/mol. The summed E-state index contributed by atoms with van der Waals surface area (Å²) in [5, 5.41) is 8.58. The van der Waals surface area contributed by atoms with Gasteiger partial charge in [-0.15, -0.1) is 6.58 Å². The van der Waals surface area contributed by atoms with E-state index in [1.807, 2.05) is 0 Å². The van der Waals surface area contributed by atoms with E-state index in [0.717, 1.165) is 6.07 Å². The van der Waals surface area contributed by atoms with Gasteiger partial charge in [0.15, 0.2) is 0 Å². The molecule has 3 nitrogen and oxygen atoms in total. The molecule has 0 saturated carbocycles. The van der Waals surface area contributed by atoms with Gasteiger partial charge in [-0.25, -0.2) is 9.18 Å². The second-order valence-electron chi connectivity index (χ2n) is 2.80. The Bertz CT molecular complexity index is 376. The standard InChI is InChI=1S/C10H10FNO2/c1-2-9(12)7-4-3-6(10(13)14)5-8(7)11/h2-5,9H,1,12H2,(H,13,14). The molecule has 4 heteroatoms. The van der Waals surface area contributed by atoms with Crippen LogP contribution in [0.1, 0.15) is 22.0 Å². The number of hydrogen-bond acceptors (Lipinski definition) is 2. The van der Waals surface area contributed by atoms with E-state index >= 15 is 0 Å². The van der Waals surface area contributed by atoms with Crippen LogP contribution in [-0.2, 0) is 0 Å². The van der Waals surface area contributed by atoms with E-state index in [9.17, 15) is 9.18 Å². The van der Waals surface area contributed by atoms with Crippen LogP contribution < -0.4 is 5.73 Å². The average molecular weight is 195 g/mol. The minimum atomic E-state index is -1.16. The summed E-state index contributed by atoms with van der Waals surface area (Å²) >= 11 is 0. The number of hydrogen-bond donors (Lipinski definition) is 2. The molecule has 0 aliphatic heterocycles. The molecule has 0 amide bonds. The molecule has 0 aromatic heterocycles. The number of rotatable bonds is 3. The third-order valence-corrected chi connectivity index (χ3v) is 1.86. The quantitative estimate of drug-likeness (QED) is 0.721. The zero-order valence-corrected chi connectivity index (χ0v) is 7.40. The molecule has 0 saturated heterocycles. The Morgan fingerprint density at radius 3 is 2.71 bits per heavy atom. The Labute approximate surface area is 80.7 Å². The predicted molar refractivity (Wildman–Crippen MR) is 50.5 cm³/mol. The fourth-order valence-electron chi connectivity index (χ4n) is 1.06. The number of carboxylic acid groups (broad SMARTS) is 1. The smallest absolute Gasteiger partial charge is 0.335 e. The van der Waals surface area contributed by atoms with Crippen molar-refractivity contribution < 1.29 is 14.3 Å². The summed E-state index contributed by atoms with van der Waals surface area (Å²) in [4.78, 5) is 10.5. The molecule has 1 aromatic rings. The van der Waals surface area contributed by atoms with E-state index in [4.69, 9.17) is 10.8 Å². The summed E-state index contributed by atoms with van der Waals surface area (Å²) in [5.41, 5.74) is 5.66. The third-order valence-electron chi connectivity index (χ3n) is 1.86. The third kappa shape index (κ3) is 1.97. The molecule has 3 N–H and O–H groups in total. The SMILES string of the molecule is C=CC(N)c1ccc(C(=O)O)cc1F. The highest BCUT2D eigenvalue weighted by Crippen LogP contribution is 2.17. The zero-order chi connectivity index (χ0) is 10.7. The molecule has 0 aliphatic rings. The van der Waals surface area contributed by atoms with Gasteiger partial charge in [0, 0.05) is 5.56 Å². The van der Waals surface area contributed by atoms with Crippen LogP contribution >= 0.6 is 0 Å². The van der Waals surface area contributed by atoms with Crippen LogP contribution in [-0.4, -0.2) is 11.1 Å². The van der Waals surface area contributed by atoms with Crippen molar-refractivity contribution >= 4 is 5.97 Å². The zero-order valence-electron chi connectivity index (χ0n) is 7.40. The van der Waals surface area contributed by atoms with Gasteiger partial charge >= 0.3 is 5.97 Å². The fourth-order valence-corrected chi connectivity index (χ4v) is 1.06. The predicted octanol–water partition coefficient (Wildman–Crippen LogP) is 1.71. The minimum Gasteiger partial charge on any atom is -0.478 e. The molecule has 0 bridgehead atoms. The Kier molecular flexibility index (Phi) is 2.99. The number of aromatic carboxylic acids is 1. The number of benzene rings is 1. The van der Waals surface area contributed by atoms with Crippen LogP contribution in [0.25, 0.3) is 0 Å². The van der Waals surface area contributed by atoms with Crippen molar-refractivity contribution in [2.75, 3.05) is 0 Å². The maximum absolute atomic E-state index is 13.3. The van der Waals surface area contributed by atoms with Crippen LogP contribution in [0.3, 0.4) is 0 Å². The lowest BCUT2D eigenvalue weighted by atomic mass is 10.0. The first kappa shape index (κ1) is 10.4. The molecule has 1 rings (SSSR count). The molecule has 1 aromatic carbocycles. The molecular formula is C10H10FNO2. The number of halogens is 1. The van der Waals surface area contributed by atoms with Gasteiger partial charge in [0.25, 0.3) is 0 Å². The molecule has 1 atom stereocenters. The van der Waals surface area contributed by atoms with Crippen molar-refractivity contribution in [3.05, 3.63) is 47.8 Å². The van der Waals surface area contributed by atoms with Gasteiger partial charge in [0.1, 0.15) is 5.82 Å². The van der Waals surface area contributed by atoms with Gasteiger partial charge in [0.05, 0.1) is 11.6 Å². The highest BCUT2D eigenvalue weighted by molar-refractivity contribution is 5.87. The first-order valence-corrected chi connectivity index (χ1v) is 3.97. The normalized spacial score (nSPS) is 12.1. The van der Waals surface area contributed by atoms with Crippen LogP contribution in [0.2, 0.25) is 0 Å². The highest BCUT2D eigenvalue weighted by Gasteiger charge is 2.11. The summed E-state index contributed by atoms with van der Waals surface area (Å²) in [6.45, 7) is 3.43. The molecule has 74 valence electrons. The first-order valence-electron chi connectivity index (χ1n) is 3.97. The van der Waals surface area contributed by atoms with E-state index in [0.29, 0.717) is 0 Å². The van der Waals surface area contributed by atoms with Crippen molar-refractivity contribution in [2.45, 2.75) is 6.04 Å². The Hall–Kier alpha value is -1.68. The maximum Gasteiger partial charge on any atom is 0.335 e. The first-order chi connectivity index (χ1) is 6.56. The molecule has 14 heavy (non-hydrogen) atoms. The van der Waals surface area contributed by atoms with Crippen molar-refractivity contribution in [3.8, 4) is 0 Å². The Morgan fingerprint density at radius 2 is 2.29 bits per heavy atom. The van der Waals surface area contributed by atoms with Crippen molar-refractivity contribution in [1.82, 2.24) is 0 Å². The second kappa shape index (κ2) is 4.02. The summed E-state index contributed by atoms with van der Waals surface area (Å²) in [6, 6.07) is 2.99. The highest BCUT2D eigenvalue weighted by atomic mass is 19.1. The molecule has 0 radical (unpaired) electrons. The van der Waals surface area contributed by atoms with Crippen LogP contribution in [0.5, 0.6) is 0 Å². The number of carboxylic acids is 1. The van der Waals surface area contributed by atoms with Crippen molar-refractivity contribution in [2.24, 2.45) is 5.73 Å². The lowest BCUT2D eigenvalue weighted by Gasteiger charge is -2.07. The van der Waals surface area contributed by atoms with E-state index < -0.39 is 17.8 Å². The maximum atomic E-state index is 13.3. The van der Waals surface area contributed by atoms with Crippen LogP contribution in [0.4, 0.5) is 4.39 Å². The summed E-state index contributed by atoms with van der Waals surface area (Å²) in [5.74, 6) is -1.79. The largest absolute Gasteiger partial charge is 0.478 e. The number of carbonyl (C=O) groups is 1. The van der Waals surface area contributed by atoms with Crippen LogP contribution in [0.15, 0.2) is 30.9 Å². The lowest BCUT2D eigenvalue weighted by molar-refractivity contribution is 0.0696. The molecule has 0 heterocycles. The summed E-state index contributed by atoms with van der Waals surface area (Å²) in [7, 11) is 0. The average Bonchev–Trinajstić information content (AvgIpc) is 2.16. The fraction of sp³-hybridized carbons (Fsp3) is 0.100. The van der Waals surface area contributed by atoms with Gasteiger partial charge in [-0.1, -0.05) is 12.1 Å². The van der Waals surface area contributed by atoms with Gasteiger partial charge < -0.3 is 10.8 Å². The van der Waals surface area contributed by atoms with Gasteiger partial charge in [0.2, 0.25) is 0 Å². The molecule has 1 unspecified atom stereocenters. The topological polar surface area (TPSA) is 63.3 Å². The van der Waals surface area contributed by atoms with E-state index in [1.165, 1.54) is 18.2 Å². The Balaban J connectivity index is 3.13. The summed E-state index contributed by atoms with van der Waals surface area (Å²) < 4.78 is 13.3. The van der Waals surface area contributed by atoms with Gasteiger partial charge in [-0.2, -0.15) is 0 Å². The Morgan fingerprint density at radius 1 is 1.64 bits per heavy atom. The molecule has 0 fully saturated rings. The lowest BCUT2D eigenvalue weighted by Crippen LogP contribution is -2.09. The number of nitrogens with two attached hydrogens (primary N) is 1. The molecule has 0 aliphatic carbocycles. The minimum absolute atomic E-state index is 0.0949. The van der Waals surface area contributed by atoms with Gasteiger partial charge in [-0.05, 0) is 12.1 Å².